The van der Waals surface area contributed by atoms with Crippen LogP contribution >= 0.6 is 0 Å². The maximum Gasteiger partial charge on any atom is 0.156 e. The second kappa shape index (κ2) is 5.05. The number of hydrogen-bond acceptors (Lipinski definition) is 4. The molecule has 0 saturated carbocycles. The van der Waals surface area contributed by atoms with Crippen LogP contribution < -0.4 is 10.6 Å². The van der Waals surface area contributed by atoms with Crippen LogP contribution in [-0.4, -0.2) is 18.2 Å². The summed E-state index contributed by atoms with van der Waals surface area (Å²) in [6, 6.07) is 10.6. The van der Waals surface area contributed by atoms with Crippen LogP contribution in [0.15, 0.2) is 34.9 Å². The Balaban J connectivity index is 1.84. The molecule has 19 heavy (non-hydrogen) atoms. The molecule has 0 radical (unpaired) electrons. The van der Waals surface area contributed by atoms with E-state index in [9.17, 15) is 0 Å². The average Bonchev–Trinajstić information content (AvgIpc) is 2.97. The molecule has 100 valence electrons. The van der Waals surface area contributed by atoms with E-state index in [2.05, 4.69) is 34.3 Å². The second-order valence-corrected chi connectivity index (χ2v) is 5.15. The molecule has 2 N–H and O–H groups in total. The van der Waals surface area contributed by atoms with Gasteiger partial charge in [0.1, 0.15) is 0 Å². The van der Waals surface area contributed by atoms with Crippen LogP contribution in [-0.2, 0) is 6.54 Å². The summed E-state index contributed by atoms with van der Waals surface area (Å²) in [7, 11) is 0. The number of hydrogen-bond donors (Lipinski definition) is 1. The number of benzene rings is 1. The molecule has 3 rings (SSSR count). The van der Waals surface area contributed by atoms with Gasteiger partial charge in [-0.05, 0) is 31.5 Å². The zero-order valence-electron chi connectivity index (χ0n) is 11.2. The van der Waals surface area contributed by atoms with Gasteiger partial charge in [-0.25, -0.2) is 0 Å². The number of aromatic nitrogens is 1. The fourth-order valence-electron chi connectivity index (χ4n) is 2.86. The van der Waals surface area contributed by atoms with Gasteiger partial charge in [0.2, 0.25) is 0 Å². The van der Waals surface area contributed by atoms with E-state index in [4.69, 9.17) is 10.3 Å². The van der Waals surface area contributed by atoms with Crippen molar-refractivity contribution in [2.75, 3.05) is 18.0 Å². The Bertz CT molecular complexity index is 564. The molecule has 1 atom stereocenters. The molecule has 0 amide bonds. The van der Waals surface area contributed by atoms with E-state index >= 15 is 0 Å². The zero-order chi connectivity index (χ0) is 13.2. The van der Waals surface area contributed by atoms with E-state index in [1.165, 1.54) is 11.3 Å². The largest absolute Gasteiger partial charge is 0.363 e. The smallest absolute Gasteiger partial charge is 0.156 e. The van der Waals surface area contributed by atoms with Gasteiger partial charge in [-0.15, -0.1) is 0 Å². The minimum absolute atomic E-state index is 0.533. The van der Waals surface area contributed by atoms with Gasteiger partial charge in [0, 0.05) is 24.2 Å². The molecule has 0 aliphatic carbocycles. The van der Waals surface area contributed by atoms with Crippen LogP contribution in [0.25, 0.3) is 0 Å². The first-order chi connectivity index (χ1) is 9.28. The highest BCUT2D eigenvalue weighted by atomic mass is 16.5. The lowest BCUT2D eigenvalue weighted by Crippen LogP contribution is -2.21. The third-order valence-corrected chi connectivity index (χ3v) is 3.70. The fourth-order valence-corrected chi connectivity index (χ4v) is 2.86. The van der Waals surface area contributed by atoms with E-state index < -0.39 is 0 Å². The molecule has 1 aromatic heterocycles. The second-order valence-electron chi connectivity index (χ2n) is 5.15. The maximum absolute atomic E-state index is 5.72. The Hall–Kier alpha value is -1.81. The van der Waals surface area contributed by atoms with Crippen LogP contribution in [0.1, 0.15) is 29.4 Å². The highest BCUT2D eigenvalue weighted by Gasteiger charge is 2.28. The molecule has 0 fully saturated rings. The number of nitrogens with zero attached hydrogens (tertiary/aromatic N) is 2. The maximum atomic E-state index is 5.72. The molecule has 4 heteroatoms. The normalized spacial score (nSPS) is 17.8. The zero-order valence-corrected chi connectivity index (χ0v) is 11.2. The van der Waals surface area contributed by atoms with Gasteiger partial charge in [-0.2, -0.15) is 0 Å². The molecular formula is C15H19N3O. The Kier molecular flexibility index (Phi) is 3.25. The van der Waals surface area contributed by atoms with Crippen LogP contribution in [0.2, 0.25) is 0 Å². The predicted octanol–water partition coefficient (Wildman–Crippen LogP) is 2.44. The van der Waals surface area contributed by atoms with Gasteiger partial charge in [0.05, 0.1) is 12.2 Å². The Morgan fingerprint density at radius 2 is 2.26 bits per heavy atom. The molecule has 0 saturated heterocycles. The highest BCUT2D eigenvalue weighted by Crippen LogP contribution is 2.38. The van der Waals surface area contributed by atoms with Crippen LogP contribution in [0.5, 0.6) is 0 Å². The van der Waals surface area contributed by atoms with Gasteiger partial charge in [0.25, 0.3) is 0 Å². The van der Waals surface area contributed by atoms with E-state index in [0.717, 1.165) is 37.5 Å². The van der Waals surface area contributed by atoms with Crippen molar-refractivity contribution in [1.29, 1.82) is 0 Å². The van der Waals surface area contributed by atoms with Crippen molar-refractivity contribution < 1.29 is 4.52 Å². The third kappa shape index (κ3) is 2.36. The predicted molar refractivity (Wildman–Crippen MR) is 75.1 cm³/mol. The van der Waals surface area contributed by atoms with E-state index in [-0.39, 0.29) is 0 Å². The van der Waals surface area contributed by atoms with Gasteiger partial charge < -0.3 is 15.2 Å². The molecular weight excluding hydrogens is 238 g/mol. The van der Waals surface area contributed by atoms with Crippen molar-refractivity contribution >= 4 is 5.69 Å². The van der Waals surface area contributed by atoms with Crippen molar-refractivity contribution in [3.63, 3.8) is 0 Å². The summed E-state index contributed by atoms with van der Waals surface area (Å²) >= 11 is 0. The number of para-hydroxylation sites is 1. The molecule has 2 aromatic rings. The Morgan fingerprint density at radius 1 is 1.42 bits per heavy atom. The number of rotatable bonds is 4. The molecule has 1 aliphatic heterocycles. The quantitative estimate of drug-likeness (QED) is 0.914. The average molecular weight is 257 g/mol. The van der Waals surface area contributed by atoms with Crippen LogP contribution in [0.3, 0.4) is 0 Å². The first kappa shape index (κ1) is 12.2. The molecule has 1 unspecified atom stereocenters. The van der Waals surface area contributed by atoms with E-state index in [0.29, 0.717) is 5.92 Å². The van der Waals surface area contributed by atoms with Crippen LogP contribution in [0, 0.1) is 6.92 Å². The van der Waals surface area contributed by atoms with Gasteiger partial charge in [-0.1, -0.05) is 23.4 Å². The molecule has 0 spiro atoms. The molecule has 1 aliphatic rings. The third-order valence-electron chi connectivity index (χ3n) is 3.70. The molecule has 4 nitrogen and oxygen atoms in total. The van der Waals surface area contributed by atoms with E-state index in [1.807, 2.05) is 13.0 Å². The van der Waals surface area contributed by atoms with Gasteiger partial charge in [-0.3, -0.25) is 0 Å². The number of fused-ring (bicyclic) bond motifs is 1. The first-order valence-corrected chi connectivity index (χ1v) is 6.74. The monoisotopic (exact) mass is 257 g/mol. The van der Waals surface area contributed by atoms with Gasteiger partial charge in [0.15, 0.2) is 5.76 Å². The fraction of sp³-hybridized carbons (Fsp3) is 0.400. The van der Waals surface area contributed by atoms with Crippen molar-refractivity contribution in [2.45, 2.75) is 25.8 Å². The SMILES string of the molecule is Cc1cc(CN2CC(CCN)c3ccccc32)on1. The Labute approximate surface area is 113 Å². The molecule has 0 bridgehead atoms. The lowest BCUT2D eigenvalue weighted by atomic mass is 9.98. The standard InChI is InChI=1S/C15H19N3O/c1-11-8-13(19-17-11)10-18-9-12(6-7-16)14-4-2-3-5-15(14)18/h2-5,8,12H,6-7,9-10,16H2,1H3. The summed E-state index contributed by atoms with van der Waals surface area (Å²) in [4.78, 5) is 2.36. The summed E-state index contributed by atoms with van der Waals surface area (Å²) in [5.41, 5.74) is 9.36. The minimum atomic E-state index is 0.533. The lowest BCUT2D eigenvalue weighted by Gasteiger charge is -2.17. The summed E-state index contributed by atoms with van der Waals surface area (Å²) in [5.74, 6) is 1.45. The highest BCUT2D eigenvalue weighted by molar-refractivity contribution is 5.60. The van der Waals surface area contributed by atoms with E-state index in [1.54, 1.807) is 0 Å². The van der Waals surface area contributed by atoms with Crippen molar-refractivity contribution in [1.82, 2.24) is 5.16 Å². The summed E-state index contributed by atoms with van der Waals surface area (Å²) < 4.78 is 5.32. The Morgan fingerprint density at radius 3 is 3.00 bits per heavy atom. The first-order valence-electron chi connectivity index (χ1n) is 6.74. The lowest BCUT2D eigenvalue weighted by molar-refractivity contribution is 0.377. The number of anilines is 1. The number of nitrogens with two attached hydrogens (primary N) is 1. The molecule has 1 aromatic carbocycles. The van der Waals surface area contributed by atoms with Crippen molar-refractivity contribution in [3.05, 3.63) is 47.3 Å². The van der Waals surface area contributed by atoms with Crippen molar-refractivity contribution in [3.8, 4) is 0 Å². The molecule has 2 heterocycles. The van der Waals surface area contributed by atoms with Crippen molar-refractivity contribution in [2.24, 2.45) is 5.73 Å². The summed E-state index contributed by atoms with van der Waals surface area (Å²) in [5, 5.41) is 3.95. The number of aryl methyl sites for hydroxylation is 1. The van der Waals surface area contributed by atoms with Gasteiger partial charge >= 0.3 is 0 Å². The van der Waals surface area contributed by atoms with Crippen LogP contribution in [0.4, 0.5) is 5.69 Å². The topological polar surface area (TPSA) is 55.3 Å². The summed E-state index contributed by atoms with van der Waals surface area (Å²) in [6.45, 7) is 4.46. The summed E-state index contributed by atoms with van der Waals surface area (Å²) in [6.07, 6.45) is 1.03. The minimum Gasteiger partial charge on any atom is -0.363 e.